The van der Waals surface area contributed by atoms with E-state index in [1.54, 1.807) is 24.3 Å². The van der Waals surface area contributed by atoms with E-state index in [9.17, 15) is 4.79 Å². The van der Waals surface area contributed by atoms with Gasteiger partial charge in [0.05, 0.1) is 22.3 Å². The zero-order valence-corrected chi connectivity index (χ0v) is 13.9. The molecule has 2 heterocycles. The third-order valence-corrected chi connectivity index (χ3v) is 4.16. The molecular weight excluding hydrogens is 330 g/mol. The summed E-state index contributed by atoms with van der Waals surface area (Å²) in [6.07, 6.45) is 1.93. The highest BCUT2D eigenvalue weighted by atomic mass is 16.4. The summed E-state index contributed by atoms with van der Waals surface area (Å²) in [4.78, 5) is 20.4. The Kier molecular flexibility index (Phi) is 3.98. The van der Waals surface area contributed by atoms with Crippen molar-refractivity contribution in [3.63, 3.8) is 0 Å². The third-order valence-electron chi connectivity index (χ3n) is 4.16. The fourth-order valence-corrected chi connectivity index (χ4v) is 2.90. The number of hydrogen-bond donors (Lipinski definition) is 3. The SMILES string of the molecule is NCCNc1nc2ccccc2n2cc(-c3ccc(C(=O)O)cc3)nc12. The van der Waals surface area contributed by atoms with Crippen molar-refractivity contribution >= 4 is 28.5 Å². The number of benzene rings is 2. The minimum atomic E-state index is -0.949. The average Bonchev–Trinajstić information content (AvgIpc) is 3.12. The number of nitrogens with two attached hydrogens (primary N) is 1. The quantitative estimate of drug-likeness (QED) is 0.512. The number of para-hydroxylation sites is 2. The maximum absolute atomic E-state index is 11.0. The maximum Gasteiger partial charge on any atom is 0.335 e. The summed E-state index contributed by atoms with van der Waals surface area (Å²) < 4.78 is 1.99. The van der Waals surface area contributed by atoms with Crippen molar-refractivity contribution in [1.82, 2.24) is 14.4 Å². The fraction of sp³-hybridized carbons (Fsp3) is 0.105. The first kappa shape index (κ1) is 16.0. The van der Waals surface area contributed by atoms with Crippen LogP contribution in [0.15, 0.2) is 54.7 Å². The third kappa shape index (κ3) is 2.74. The zero-order chi connectivity index (χ0) is 18.1. The van der Waals surface area contributed by atoms with E-state index in [-0.39, 0.29) is 5.56 Å². The maximum atomic E-state index is 11.0. The van der Waals surface area contributed by atoms with Gasteiger partial charge < -0.3 is 16.2 Å². The number of nitrogens with one attached hydrogen (secondary N) is 1. The standard InChI is InChI=1S/C19H17N5O2/c20-9-10-21-17-18-23-15(12-5-7-13(8-6-12)19(25)26)11-24(18)16-4-2-1-3-14(16)22-17/h1-8,11H,9-10,20H2,(H,21,22)(H,25,26). The lowest BCUT2D eigenvalue weighted by Crippen LogP contribution is -2.14. The first-order chi connectivity index (χ1) is 12.7. The molecule has 4 rings (SSSR count). The summed E-state index contributed by atoms with van der Waals surface area (Å²) in [5.74, 6) is -0.280. The Morgan fingerprint density at radius 3 is 2.62 bits per heavy atom. The van der Waals surface area contributed by atoms with Crippen LogP contribution in [0.25, 0.3) is 27.9 Å². The van der Waals surface area contributed by atoms with Crippen LogP contribution in [0.3, 0.4) is 0 Å². The molecule has 0 amide bonds. The molecule has 0 spiro atoms. The van der Waals surface area contributed by atoms with Crippen LogP contribution in [-0.2, 0) is 0 Å². The number of fused-ring (bicyclic) bond motifs is 3. The van der Waals surface area contributed by atoms with Gasteiger partial charge in [0.2, 0.25) is 0 Å². The number of carboxylic acids is 1. The van der Waals surface area contributed by atoms with Gasteiger partial charge in [-0.15, -0.1) is 0 Å². The number of nitrogens with zero attached hydrogens (tertiary/aromatic N) is 3. The molecule has 7 heteroatoms. The molecular formula is C19H17N5O2. The van der Waals surface area contributed by atoms with E-state index in [4.69, 9.17) is 15.8 Å². The lowest BCUT2D eigenvalue weighted by molar-refractivity contribution is 0.0697. The Morgan fingerprint density at radius 2 is 1.88 bits per heavy atom. The molecule has 130 valence electrons. The molecule has 0 bridgehead atoms. The van der Waals surface area contributed by atoms with Crippen molar-refractivity contribution < 1.29 is 9.90 Å². The minimum absolute atomic E-state index is 0.245. The lowest BCUT2D eigenvalue weighted by atomic mass is 10.1. The van der Waals surface area contributed by atoms with E-state index in [1.165, 1.54) is 0 Å². The fourth-order valence-electron chi connectivity index (χ4n) is 2.90. The second kappa shape index (κ2) is 6.45. The van der Waals surface area contributed by atoms with Gasteiger partial charge >= 0.3 is 5.97 Å². The number of anilines is 1. The minimum Gasteiger partial charge on any atom is -0.478 e. The molecule has 0 unspecified atom stereocenters. The Bertz CT molecular complexity index is 1100. The number of hydrogen-bond acceptors (Lipinski definition) is 5. The molecule has 2 aromatic heterocycles. The summed E-state index contributed by atoms with van der Waals surface area (Å²) in [6, 6.07) is 14.5. The van der Waals surface area contributed by atoms with Crippen LogP contribution in [0.5, 0.6) is 0 Å². The smallest absolute Gasteiger partial charge is 0.335 e. The summed E-state index contributed by atoms with van der Waals surface area (Å²) in [5.41, 5.74) is 9.94. The summed E-state index contributed by atoms with van der Waals surface area (Å²) >= 11 is 0. The summed E-state index contributed by atoms with van der Waals surface area (Å²) in [7, 11) is 0. The van der Waals surface area contributed by atoms with Crippen molar-refractivity contribution in [2.24, 2.45) is 5.73 Å². The Labute approximate surface area is 149 Å². The van der Waals surface area contributed by atoms with Crippen LogP contribution in [0.4, 0.5) is 5.82 Å². The van der Waals surface area contributed by atoms with Crippen molar-refractivity contribution in [2.45, 2.75) is 0 Å². The van der Waals surface area contributed by atoms with Gasteiger partial charge in [-0.2, -0.15) is 0 Å². The van der Waals surface area contributed by atoms with E-state index in [2.05, 4.69) is 10.3 Å². The second-order valence-electron chi connectivity index (χ2n) is 5.87. The molecule has 0 saturated carbocycles. The highest BCUT2D eigenvalue weighted by molar-refractivity contribution is 5.88. The van der Waals surface area contributed by atoms with Crippen molar-refractivity contribution in [3.05, 3.63) is 60.3 Å². The van der Waals surface area contributed by atoms with Crippen LogP contribution < -0.4 is 11.1 Å². The van der Waals surface area contributed by atoms with Gasteiger partial charge in [0.25, 0.3) is 0 Å². The molecule has 0 fully saturated rings. The average molecular weight is 347 g/mol. The topological polar surface area (TPSA) is 106 Å². The van der Waals surface area contributed by atoms with E-state index in [0.717, 1.165) is 22.3 Å². The number of imidazole rings is 1. The number of rotatable bonds is 5. The Balaban J connectivity index is 1.89. The summed E-state index contributed by atoms with van der Waals surface area (Å²) in [5, 5.41) is 12.3. The first-order valence-electron chi connectivity index (χ1n) is 8.23. The molecule has 2 aromatic carbocycles. The second-order valence-corrected chi connectivity index (χ2v) is 5.87. The molecule has 0 atom stereocenters. The van der Waals surface area contributed by atoms with Crippen molar-refractivity contribution in [3.8, 4) is 11.3 Å². The molecule has 0 aliphatic heterocycles. The number of carbonyl (C=O) groups is 1. The number of aromatic nitrogens is 3. The first-order valence-corrected chi connectivity index (χ1v) is 8.23. The molecule has 0 radical (unpaired) electrons. The van der Waals surface area contributed by atoms with Crippen LogP contribution in [0.2, 0.25) is 0 Å². The van der Waals surface area contributed by atoms with Crippen LogP contribution in [-0.4, -0.2) is 38.5 Å². The molecule has 4 N–H and O–H groups in total. The number of carboxylic acid groups (broad SMARTS) is 1. The van der Waals surface area contributed by atoms with E-state index in [0.29, 0.717) is 24.6 Å². The van der Waals surface area contributed by atoms with E-state index >= 15 is 0 Å². The summed E-state index contributed by atoms with van der Waals surface area (Å²) in [6.45, 7) is 1.08. The lowest BCUT2D eigenvalue weighted by Gasteiger charge is -2.08. The van der Waals surface area contributed by atoms with E-state index in [1.807, 2.05) is 34.9 Å². The molecule has 4 aromatic rings. The molecule has 7 nitrogen and oxygen atoms in total. The van der Waals surface area contributed by atoms with Gasteiger partial charge in [0.15, 0.2) is 11.5 Å². The van der Waals surface area contributed by atoms with Crippen LogP contribution in [0, 0.1) is 0 Å². The predicted octanol–water partition coefficient (Wildman–Crippen LogP) is 2.62. The predicted molar refractivity (Wildman–Crippen MR) is 100 cm³/mol. The largest absolute Gasteiger partial charge is 0.478 e. The van der Waals surface area contributed by atoms with Crippen LogP contribution >= 0.6 is 0 Å². The molecule has 26 heavy (non-hydrogen) atoms. The zero-order valence-electron chi connectivity index (χ0n) is 13.9. The van der Waals surface area contributed by atoms with Crippen molar-refractivity contribution in [1.29, 1.82) is 0 Å². The molecule has 0 saturated heterocycles. The normalized spacial score (nSPS) is 11.1. The van der Waals surface area contributed by atoms with Gasteiger partial charge in [-0.05, 0) is 24.3 Å². The van der Waals surface area contributed by atoms with E-state index < -0.39 is 5.97 Å². The highest BCUT2D eigenvalue weighted by Crippen LogP contribution is 2.26. The van der Waals surface area contributed by atoms with Crippen LogP contribution in [0.1, 0.15) is 10.4 Å². The monoisotopic (exact) mass is 347 g/mol. The Hall–Kier alpha value is -3.45. The van der Waals surface area contributed by atoms with Gasteiger partial charge in [0, 0.05) is 24.8 Å². The molecule has 0 aliphatic rings. The van der Waals surface area contributed by atoms with Gasteiger partial charge in [-0.1, -0.05) is 24.3 Å². The number of aromatic carboxylic acids is 1. The van der Waals surface area contributed by atoms with Crippen molar-refractivity contribution in [2.75, 3.05) is 18.4 Å². The highest BCUT2D eigenvalue weighted by Gasteiger charge is 2.13. The molecule has 0 aliphatic carbocycles. The van der Waals surface area contributed by atoms with Gasteiger partial charge in [-0.25, -0.2) is 14.8 Å². The van der Waals surface area contributed by atoms with Gasteiger partial charge in [-0.3, -0.25) is 4.40 Å². The van der Waals surface area contributed by atoms with Gasteiger partial charge in [0.1, 0.15) is 0 Å². The Morgan fingerprint density at radius 1 is 1.12 bits per heavy atom.